The van der Waals surface area contributed by atoms with Crippen LogP contribution in [0.15, 0.2) is 71.5 Å². The highest BCUT2D eigenvalue weighted by Crippen LogP contribution is 2.18. The van der Waals surface area contributed by atoms with Crippen molar-refractivity contribution in [2.45, 2.75) is 13.3 Å². The van der Waals surface area contributed by atoms with Crippen molar-refractivity contribution in [2.75, 3.05) is 5.32 Å². The van der Waals surface area contributed by atoms with E-state index in [1.165, 1.54) is 0 Å². The van der Waals surface area contributed by atoms with Crippen LogP contribution in [0.2, 0.25) is 0 Å². The number of hydrogen-bond donors (Lipinski definition) is 1. The molecular formula is C21H17BrN6. The van der Waals surface area contributed by atoms with Gasteiger partial charge in [-0.1, -0.05) is 34.1 Å². The predicted octanol–water partition coefficient (Wildman–Crippen LogP) is 4.73. The van der Waals surface area contributed by atoms with Crippen molar-refractivity contribution in [2.24, 2.45) is 0 Å². The van der Waals surface area contributed by atoms with Crippen LogP contribution in [0.4, 0.5) is 11.6 Å². The summed E-state index contributed by atoms with van der Waals surface area (Å²) in [6, 6.07) is 17.5. The normalized spacial score (nSPS) is 10.6. The maximum absolute atomic E-state index is 4.59. The molecule has 0 bridgehead atoms. The molecule has 3 aromatic heterocycles. The number of nitrogens with zero attached hydrogens (tertiary/aromatic N) is 5. The molecule has 4 rings (SSSR count). The minimum Gasteiger partial charge on any atom is -0.325 e. The average molecular weight is 433 g/mol. The summed E-state index contributed by atoms with van der Waals surface area (Å²) in [5, 5.41) is 3.23. The summed E-state index contributed by atoms with van der Waals surface area (Å²) in [5.74, 6) is 2.64. The van der Waals surface area contributed by atoms with Gasteiger partial charge in [0, 0.05) is 29.0 Å². The molecule has 1 N–H and O–H groups in total. The molecule has 0 aliphatic rings. The van der Waals surface area contributed by atoms with Gasteiger partial charge in [-0.3, -0.25) is 0 Å². The van der Waals surface area contributed by atoms with E-state index in [0.29, 0.717) is 23.9 Å². The van der Waals surface area contributed by atoms with Crippen LogP contribution in [0, 0.1) is 6.92 Å². The number of hydrogen-bond acceptors (Lipinski definition) is 6. The molecule has 0 unspecified atom stereocenters. The number of halogens is 1. The molecule has 138 valence electrons. The molecule has 1 aromatic carbocycles. The topological polar surface area (TPSA) is 76.5 Å². The Morgan fingerprint density at radius 3 is 2.36 bits per heavy atom. The molecule has 0 fully saturated rings. The molecule has 28 heavy (non-hydrogen) atoms. The van der Waals surface area contributed by atoms with Crippen molar-refractivity contribution in [1.29, 1.82) is 0 Å². The van der Waals surface area contributed by atoms with E-state index >= 15 is 0 Å². The lowest BCUT2D eigenvalue weighted by Crippen LogP contribution is -2.03. The van der Waals surface area contributed by atoms with Gasteiger partial charge >= 0.3 is 0 Å². The number of aryl methyl sites for hydroxylation is 1. The van der Waals surface area contributed by atoms with Gasteiger partial charge in [-0.15, -0.1) is 0 Å². The number of aromatic nitrogens is 5. The maximum atomic E-state index is 4.59. The average Bonchev–Trinajstić information content (AvgIpc) is 2.70. The number of rotatable bonds is 5. The van der Waals surface area contributed by atoms with E-state index in [0.717, 1.165) is 27.2 Å². The second-order valence-electron chi connectivity index (χ2n) is 6.22. The van der Waals surface area contributed by atoms with Gasteiger partial charge in [0.1, 0.15) is 23.2 Å². The number of nitrogens with one attached hydrogen (secondary N) is 1. The van der Waals surface area contributed by atoms with E-state index in [1.54, 1.807) is 18.5 Å². The summed E-state index contributed by atoms with van der Waals surface area (Å²) < 4.78 is 1.05. The van der Waals surface area contributed by atoms with Crippen LogP contribution in [0.3, 0.4) is 0 Å². The standard InChI is InChI=1S/C21H17BrN6/c1-14-3-2-4-17(25-14)21-24-12-10-19(28-21)26-18-9-11-23-20(27-18)13-15-5-7-16(22)8-6-15/h2-12H,13H2,1H3,(H,23,24,26,27,28). The third-order valence-electron chi connectivity index (χ3n) is 4.01. The Labute approximate surface area is 171 Å². The smallest absolute Gasteiger partial charge is 0.180 e. The van der Waals surface area contributed by atoms with Gasteiger partial charge in [0.2, 0.25) is 0 Å². The Morgan fingerprint density at radius 1 is 0.821 bits per heavy atom. The fraction of sp³-hybridized carbons (Fsp3) is 0.0952. The number of pyridine rings is 1. The second kappa shape index (κ2) is 8.22. The molecule has 7 heteroatoms. The van der Waals surface area contributed by atoms with Gasteiger partial charge in [0.05, 0.1) is 0 Å². The minimum atomic E-state index is 0.567. The fourth-order valence-corrected chi connectivity index (χ4v) is 2.95. The zero-order valence-corrected chi connectivity index (χ0v) is 16.8. The molecule has 0 saturated heterocycles. The Hall–Kier alpha value is -3.19. The first kappa shape index (κ1) is 18.2. The molecule has 3 heterocycles. The Kier molecular flexibility index (Phi) is 5.34. The summed E-state index contributed by atoms with van der Waals surface area (Å²) in [7, 11) is 0. The first-order chi connectivity index (χ1) is 13.7. The minimum absolute atomic E-state index is 0.567. The van der Waals surface area contributed by atoms with Gasteiger partial charge in [-0.05, 0) is 48.9 Å². The Morgan fingerprint density at radius 2 is 1.57 bits per heavy atom. The lowest BCUT2D eigenvalue weighted by Gasteiger charge is -2.08. The monoisotopic (exact) mass is 432 g/mol. The zero-order chi connectivity index (χ0) is 19.3. The molecule has 0 aliphatic carbocycles. The van der Waals surface area contributed by atoms with Crippen molar-refractivity contribution in [1.82, 2.24) is 24.9 Å². The third kappa shape index (κ3) is 4.55. The van der Waals surface area contributed by atoms with Crippen LogP contribution in [-0.4, -0.2) is 24.9 Å². The summed E-state index contributed by atoms with van der Waals surface area (Å²) in [5.41, 5.74) is 2.81. The lowest BCUT2D eigenvalue weighted by atomic mass is 10.1. The first-order valence-electron chi connectivity index (χ1n) is 8.76. The number of anilines is 2. The van der Waals surface area contributed by atoms with Gasteiger partial charge in [-0.2, -0.15) is 0 Å². The SMILES string of the molecule is Cc1cccc(-c2nccc(Nc3ccnc(Cc4ccc(Br)cc4)n3)n2)n1. The van der Waals surface area contributed by atoms with E-state index in [4.69, 9.17) is 0 Å². The zero-order valence-electron chi connectivity index (χ0n) is 15.2. The third-order valence-corrected chi connectivity index (χ3v) is 4.54. The van der Waals surface area contributed by atoms with E-state index in [-0.39, 0.29) is 0 Å². The summed E-state index contributed by atoms with van der Waals surface area (Å²) >= 11 is 3.45. The lowest BCUT2D eigenvalue weighted by molar-refractivity contribution is 0.969. The quantitative estimate of drug-likeness (QED) is 0.490. The van der Waals surface area contributed by atoms with Crippen LogP contribution >= 0.6 is 15.9 Å². The van der Waals surface area contributed by atoms with Crippen LogP contribution < -0.4 is 5.32 Å². The first-order valence-corrected chi connectivity index (χ1v) is 9.55. The highest BCUT2D eigenvalue weighted by atomic mass is 79.9. The van der Waals surface area contributed by atoms with E-state index in [1.807, 2.05) is 43.3 Å². The molecule has 0 spiro atoms. The van der Waals surface area contributed by atoms with Gasteiger partial charge < -0.3 is 5.32 Å². The number of benzene rings is 1. The van der Waals surface area contributed by atoms with Crippen LogP contribution in [0.25, 0.3) is 11.5 Å². The predicted molar refractivity (Wildman–Crippen MR) is 112 cm³/mol. The Balaban J connectivity index is 1.53. The second-order valence-corrected chi connectivity index (χ2v) is 7.13. The largest absolute Gasteiger partial charge is 0.325 e. The molecule has 4 aromatic rings. The van der Waals surface area contributed by atoms with Gasteiger partial charge in [-0.25, -0.2) is 24.9 Å². The maximum Gasteiger partial charge on any atom is 0.180 e. The summed E-state index contributed by atoms with van der Waals surface area (Å²) in [6.45, 7) is 1.94. The highest BCUT2D eigenvalue weighted by Gasteiger charge is 2.06. The van der Waals surface area contributed by atoms with Crippen LogP contribution in [-0.2, 0) is 6.42 Å². The molecule has 0 radical (unpaired) electrons. The highest BCUT2D eigenvalue weighted by molar-refractivity contribution is 9.10. The molecule has 0 amide bonds. The van der Waals surface area contributed by atoms with E-state index in [9.17, 15) is 0 Å². The van der Waals surface area contributed by atoms with Gasteiger partial charge in [0.25, 0.3) is 0 Å². The van der Waals surface area contributed by atoms with Crippen LogP contribution in [0.1, 0.15) is 17.1 Å². The molecule has 6 nitrogen and oxygen atoms in total. The van der Waals surface area contributed by atoms with Gasteiger partial charge in [0.15, 0.2) is 5.82 Å². The summed E-state index contributed by atoms with van der Waals surface area (Å²) in [6.07, 6.45) is 4.11. The van der Waals surface area contributed by atoms with E-state index < -0.39 is 0 Å². The van der Waals surface area contributed by atoms with Crippen LogP contribution in [0.5, 0.6) is 0 Å². The van der Waals surface area contributed by atoms with Crippen molar-refractivity contribution < 1.29 is 0 Å². The Bertz CT molecular complexity index is 1100. The van der Waals surface area contributed by atoms with Crippen molar-refractivity contribution in [3.05, 3.63) is 88.5 Å². The van der Waals surface area contributed by atoms with E-state index in [2.05, 4.69) is 58.3 Å². The fourth-order valence-electron chi connectivity index (χ4n) is 2.69. The van der Waals surface area contributed by atoms with Crippen molar-refractivity contribution >= 4 is 27.6 Å². The van der Waals surface area contributed by atoms with Crippen molar-refractivity contribution in [3.8, 4) is 11.5 Å². The van der Waals surface area contributed by atoms with Crippen molar-refractivity contribution in [3.63, 3.8) is 0 Å². The molecule has 0 aliphatic heterocycles. The molecule has 0 saturated carbocycles. The molecule has 0 atom stereocenters. The summed E-state index contributed by atoms with van der Waals surface area (Å²) in [4.78, 5) is 22.3. The molecular weight excluding hydrogens is 416 g/mol.